The molecule has 0 radical (unpaired) electrons. The quantitative estimate of drug-likeness (QED) is 0.157. The summed E-state index contributed by atoms with van der Waals surface area (Å²) in [6.45, 7) is 7.45. The Morgan fingerprint density at radius 1 is 1.19 bits per heavy atom. The maximum absolute atomic E-state index is 12.9. The minimum absolute atomic E-state index is 0.0152. The van der Waals surface area contributed by atoms with Gasteiger partial charge in [-0.05, 0) is 44.7 Å². The zero-order valence-electron chi connectivity index (χ0n) is 25.2. The first-order valence-corrected chi connectivity index (χ1v) is 15.5. The highest BCUT2D eigenvalue weighted by Crippen LogP contribution is 2.36. The Morgan fingerprint density at radius 3 is 2.51 bits per heavy atom. The van der Waals surface area contributed by atoms with Gasteiger partial charge in [0.15, 0.2) is 18.0 Å². The van der Waals surface area contributed by atoms with E-state index in [9.17, 15) is 18.9 Å². The van der Waals surface area contributed by atoms with Gasteiger partial charge in [-0.3, -0.25) is 18.9 Å². The molecule has 43 heavy (non-hydrogen) atoms. The molecule has 15 nitrogen and oxygen atoms in total. The van der Waals surface area contributed by atoms with E-state index in [4.69, 9.17) is 33.9 Å². The second-order valence-electron chi connectivity index (χ2n) is 10.4. The highest BCUT2D eigenvalue weighted by atomic mass is 31.1. The SMILES string of the molecule is CCC(=O)O[C@@H](c1ccc2c(N)ncnn12)[C@H](OC(=O)CC)[C@@](C)(CO[PH](=O)N[C@@H](C)C(=O)OCC1CCOCC1)OC. The van der Waals surface area contributed by atoms with E-state index in [0.29, 0.717) is 24.4 Å². The molecule has 16 heteroatoms. The molecule has 1 saturated heterocycles. The average molecular weight is 628 g/mol. The van der Waals surface area contributed by atoms with E-state index >= 15 is 0 Å². The molecule has 1 unspecified atom stereocenters. The number of nitrogens with one attached hydrogen (secondary N) is 1. The van der Waals surface area contributed by atoms with Gasteiger partial charge < -0.3 is 33.9 Å². The number of fused-ring (bicyclic) bond motifs is 1. The number of carbonyl (C=O) groups is 3. The summed E-state index contributed by atoms with van der Waals surface area (Å²) in [6.07, 6.45) is 0.384. The van der Waals surface area contributed by atoms with Crippen molar-refractivity contribution in [2.45, 2.75) is 77.2 Å². The fourth-order valence-corrected chi connectivity index (χ4v) is 5.38. The molecular weight excluding hydrogens is 585 g/mol. The lowest BCUT2D eigenvalue weighted by atomic mass is 9.93. The van der Waals surface area contributed by atoms with Crippen molar-refractivity contribution in [2.24, 2.45) is 5.92 Å². The lowest BCUT2D eigenvalue weighted by molar-refractivity contribution is -0.200. The van der Waals surface area contributed by atoms with Crippen LogP contribution in [0.15, 0.2) is 18.5 Å². The van der Waals surface area contributed by atoms with Crippen LogP contribution in [0.1, 0.15) is 65.2 Å². The number of nitrogens with two attached hydrogens (primary N) is 1. The van der Waals surface area contributed by atoms with E-state index in [1.807, 2.05) is 0 Å². The molecule has 2 aromatic rings. The van der Waals surface area contributed by atoms with Crippen molar-refractivity contribution in [3.8, 4) is 0 Å². The number of esters is 3. The van der Waals surface area contributed by atoms with Gasteiger partial charge >= 0.3 is 17.9 Å². The van der Waals surface area contributed by atoms with Crippen molar-refractivity contribution in [1.82, 2.24) is 19.7 Å². The van der Waals surface area contributed by atoms with Crippen molar-refractivity contribution >= 4 is 37.4 Å². The van der Waals surface area contributed by atoms with Crippen LogP contribution >= 0.6 is 8.18 Å². The van der Waals surface area contributed by atoms with Crippen LogP contribution in [-0.4, -0.2) is 83.8 Å². The van der Waals surface area contributed by atoms with E-state index in [2.05, 4.69) is 15.2 Å². The highest BCUT2D eigenvalue weighted by Gasteiger charge is 2.47. The molecule has 0 saturated carbocycles. The molecule has 1 aliphatic heterocycles. The fraction of sp³-hybridized carbons (Fsp3) is 0.667. The topological polar surface area (TPSA) is 192 Å². The molecule has 5 atom stereocenters. The normalized spacial score (nSPS) is 18.3. The molecule has 2 aromatic heterocycles. The van der Waals surface area contributed by atoms with Crippen LogP contribution in [0.2, 0.25) is 0 Å². The second kappa shape index (κ2) is 16.1. The Bertz CT molecular complexity index is 1270. The minimum Gasteiger partial charge on any atom is -0.464 e. The van der Waals surface area contributed by atoms with E-state index in [1.165, 1.54) is 24.9 Å². The zero-order valence-corrected chi connectivity index (χ0v) is 26.2. The molecule has 3 heterocycles. The number of aromatic nitrogens is 3. The molecule has 3 N–H and O–H groups in total. The molecule has 0 amide bonds. The average Bonchev–Trinajstić information content (AvgIpc) is 3.45. The Labute approximate surface area is 251 Å². The molecule has 0 spiro atoms. The number of carbonyl (C=O) groups excluding carboxylic acids is 3. The van der Waals surface area contributed by atoms with Gasteiger partial charge in [0.25, 0.3) is 8.18 Å². The fourth-order valence-electron chi connectivity index (χ4n) is 4.40. The number of rotatable bonds is 16. The standard InChI is InChI=1S/C27H42N5O10P/c1-6-21(33)41-23(19-8-9-20-25(28)29-16-30-32(19)20)24(42-22(34)7-2)27(4,37-5)15-40-43(36)31-17(3)26(35)39-14-18-10-12-38-13-11-18/h8-9,16-18,23-24,43H,6-7,10-15H2,1-5H3,(H,31,36)(H2,28,29,30)/t17-,23-,24-,27+/m0/s1. The minimum atomic E-state index is -3.02. The second-order valence-corrected chi connectivity index (χ2v) is 11.5. The monoisotopic (exact) mass is 627 g/mol. The molecule has 1 fully saturated rings. The molecule has 0 aliphatic carbocycles. The van der Waals surface area contributed by atoms with Gasteiger partial charge in [0.05, 0.1) is 18.9 Å². The number of nitrogens with zero attached hydrogens (tertiary/aromatic N) is 3. The van der Waals surface area contributed by atoms with Crippen LogP contribution in [0, 0.1) is 5.92 Å². The summed E-state index contributed by atoms with van der Waals surface area (Å²) >= 11 is 0. The molecule has 0 aromatic carbocycles. The first kappa shape index (κ1) is 34.4. The maximum Gasteiger partial charge on any atom is 0.323 e. The Morgan fingerprint density at radius 2 is 1.86 bits per heavy atom. The number of ether oxygens (including phenoxy) is 5. The van der Waals surface area contributed by atoms with Crippen LogP contribution < -0.4 is 10.8 Å². The summed E-state index contributed by atoms with van der Waals surface area (Å²) in [6, 6.07) is 2.35. The Kier molecular flexibility index (Phi) is 12.9. The van der Waals surface area contributed by atoms with Crippen molar-refractivity contribution in [1.29, 1.82) is 0 Å². The number of nitrogen functional groups attached to an aromatic ring is 1. The van der Waals surface area contributed by atoms with E-state index in [1.54, 1.807) is 32.9 Å². The van der Waals surface area contributed by atoms with Crippen LogP contribution in [0.5, 0.6) is 0 Å². The summed E-state index contributed by atoms with van der Waals surface area (Å²) in [5, 5.41) is 6.86. The lowest BCUT2D eigenvalue weighted by Gasteiger charge is -2.39. The van der Waals surface area contributed by atoms with Gasteiger partial charge in [-0.15, -0.1) is 0 Å². The van der Waals surface area contributed by atoms with Gasteiger partial charge in [0, 0.05) is 33.2 Å². The number of methoxy groups -OCH3 is 1. The number of hydrogen-bond donors (Lipinski definition) is 2. The number of hydrogen-bond acceptors (Lipinski definition) is 13. The van der Waals surface area contributed by atoms with Crippen LogP contribution in [0.3, 0.4) is 0 Å². The summed E-state index contributed by atoms with van der Waals surface area (Å²) in [5.74, 6) is -1.34. The van der Waals surface area contributed by atoms with Crippen LogP contribution in [0.25, 0.3) is 5.52 Å². The summed E-state index contributed by atoms with van der Waals surface area (Å²) in [5.41, 5.74) is 5.27. The van der Waals surface area contributed by atoms with E-state index in [-0.39, 0.29) is 37.8 Å². The van der Waals surface area contributed by atoms with Crippen LogP contribution in [-0.2, 0) is 47.2 Å². The summed E-state index contributed by atoms with van der Waals surface area (Å²) < 4.78 is 48.0. The first-order chi connectivity index (χ1) is 20.5. The summed E-state index contributed by atoms with van der Waals surface area (Å²) in [7, 11) is -1.67. The van der Waals surface area contributed by atoms with Crippen molar-refractivity contribution in [3.63, 3.8) is 0 Å². The van der Waals surface area contributed by atoms with Crippen molar-refractivity contribution in [3.05, 3.63) is 24.2 Å². The van der Waals surface area contributed by atoms with Gasteiger partial charge in [-0.25, -0.2) is 14.6 Å². The van der Waals surface area contributed by atoms with Gasteiger partial charge in [-0.2, -0.15) is 5.10 Å². The largest absolute Gasteiger partial charge is 0.464 e. The molecule has 0 bridgehead atoms. The third-order valence-electron chi connectivity index (χ3n) is 7.22. The Hall–Kier alpha value is -3.10. The van der Waals surface area contributed by atoms with Gasteiger partial charge in [0.1, 0.15) is 23.5 Å². The predicted molar refractivity (Wildman–Crippen MR) is 154 cm³/mol. The number of anilines is 1. The third kappa shape index (κ3) is 9.19. The molecule has 240 valence electrons. The smallest absolute Gasteiger partial charge is 0.323 e. The lowest BCUT2D eigenvalue weighted by Crippen LogP contribution is -2.51. The Balaban J connectivity index is 1.79. The van der Waals surface area contributed by atoms with Crippen LogP contribution in [0.4, 0.5) is 5.82 Å². The van der Waals surface area contributed by atoms with E-state index in [0.717, 1.165) is 12.8 Å². The molecular formula is C27H42N5O10P. The van der Waals surface area contributed by atoms with Crippen molar-refractivity contribution < 1.29 is 47.2 Å². The van der Waals surface area contributed by atoms with Gasteiger partial charge in [0.2, 0.25) is 0 Å². The van der Waals surface area contributed by atoms with E-state index < -0.39 is 49.9 Å². The first-order valence-electron chi connectivity index (χ1n) is 14.2. The maximum atomic E-state index is 12.9. The van der Waals surface area contributed by atoms with Gasteiger partial charge in [-0.1, -0.05) is 13.8 Å². The zero-order chi connectivity index (χ0) is 31.6. The summed E-state index contributed by atoms with van der Waals surface area (Å²) in [4.78, 5) is 41.7. The highest BCUT2D eigenvalue weighted by molar-refractivity contribution is 7.36. The van der Waals surface area contributed by atoms with Crippen molar-refractivity contribution in [2.75, 3.05) is 39.3 Å². The third-order valence-corrected chi connectivity index (χ3v) is 8.30. The molecule has 3 rings (SSSR count). The molecule has 1 aliphatic rings. The predicted octanol–water partition coefficient (Wildman–Crippen LogP) is 2.39.